The molecule has 0 aliphatic rings. The lowest BCUT2D eigenvalue weighted by Gasteiger charge is -2.21. The smallest absolute Gasteiger partial charge is 0.241 e. The second kappa shape index (κ2) is 6.93. The molecule has 3 aromatic rings. The van der Waals surface area contributed by atoms with Crippen LogP contribution in [0.4, 0.5) is 0 Å². The van der Waals surface area contributed by atoms with E-state index in [1.165, 1.54) is 4.88 Å². The summed E-state index contributed by atoms with van der Waals surface area (Å²) in [4.78, 5) is 8.00. The molecule has 0 radical (unpaired) electrons. The largest absolute Gasteiger partial charge is 0.497 e. The Labute approximate surface area is 139 Å². The second-order valence-electron chi connectivity index (χ2n) is 5.35. The Morgan fingerprint density at radius 2 is 2.17 bits per heavy atom. The minimum absolute atomic E-state index is 0.308. The van der Waals surface area contributed by atoms with Gasteiger partial charge < -0.3 is 9.26 Å². The molecule has 2 heterocycles. The van der Waals surface area contributed by atoms with E-state index in [-0.39, 0.29) is 0 Å². The Hall–Kier alpha value is -2.18. The molecule has 5 nitrogen and oxygen atoms in total. The molecule has 1 atom stereocenters. The van der Waals surface area contributed by atoms with E-state index in [2.05, 4.69) is 46.5 Å². The van der Waals surface area contributed by atoms with Gasteiger partial charge >= 0.3 is 0 Å². The highest BCUT2D eigenvalue weighted by atomic mass is 32.1. The monoisotopic (exact) mass is 329 g/mol. The number of hydrogen-bond donors (Lipinski definition) is 0. The SMILES string of the molecule is COc1cccc(-c2noc(CN(C)C(C)c3cccs3)n2)c1. The third-order valence-corrected chi connectivity index (χ3v) is 4.84. The van der Waals surface area contributed by atoms with Crippen LogP contribution in [0, 0.1) is 0 Å². The van der Waals surface area contributed by atoms with Gasteiger partial charge in [0, 0.05) is 16.5 Å². The van der Waals surface area contributed by atoms with Crippen LogP contribution in [0.2, 0.25) is 0 Å². The molecule has 23 heavy (non-hydrogen) atoms. The van der Waals surface area contributed by atoms with Crippen molar-refractivity contribution < 1.29 is 9.26 Å². The number of benzene rings is 1. The van der Waals surface area contributed by atoms with E-state index >= 15 is 0 Å². The van der Waals surface area contributed by atoms with Crippen molar-refractivity contribution in [2.24, 2.45) is 0 Å². The van der Waals surface area contributed by atoms with Gasteiger partial charge in [0.15, 0.2) is 0 Å². The molecule has 0 amide bonds. The number of methoxy groups -OCH3 is 1. The van der Waals surface area contributed by atoms with Crippen molar-refractivity contribution in [1.29, 1.82) is 0 Å². The van der Waals surface area contributed by atoms with Crippen molar-refractivity contribution in [3.8, 4) is 17.1 Å². The molecule has 1 unspecified atom stereocenters. The molecule has 2 aromatic heterocycles. The van der Waals surface area contributed by atoms with Gasteiger partial charge in [0.1, 0.15) is 5.75 Å². The number of ether oxygens (including phenoxy) is 1. The molecule has 0 aliphatic heterocycles. The number of hydrogen-bond acceptors (Lipinski definition) is 6. The highest BCUT2D eigenvalue weighted by Gasteiger charge is 2.16. The summed E-state index contributed by atoms with van der Waals surface area (Å²) >= 11 is 1.75. The number of rotatable bonds is 6. The highest BCUT2D eigenvalue weighted by Crippen LogP contribution is 2.25. The van der Waals surface area contributed by atoms with Gasteiger partial charge in [0.05, 0.1) is 13.7 Å². The zero-order valence-electron chi connectivity index (χ0n) is 13.4. The Morgan fingerprint density at radius 3 is 2.91 bits per heavy atom. The summed E-state index contributed by atoms with van der Waals surface area (Å²) in [6.45, 7) is 2.78. The lowest BCUT2D eigenvalue weighted by molar-refractivity contribution is 0.219. The van der Waals surface area contributed by atoms with E-state index in [4.69, 9.17) is 9.26 Å². The Bertz CT molecular complexity index is 755. The van der Waals surface area contributed by atoms with E-state index in [0.717, 1.165) is 11.3 Å². The molecule has 1 aromatic carbocycles. The summed E-state index contributed by atoms with van der Waals surface area (Å²) in [6, 6.07) is 12.2. The molecular weight excluding hydrogens is 310 g/mol. The van der Waals surface area contributed by atoms with Crippen molar-refractivity contribution >= 4 is 11.3 Å². The first-order valence-electron chi connectivity index (χ1n) is 7.38. The number of aromatic nitrogens is 2. The van der Waals surface area contributed by atoms with Crippen LogP contribution in [0.25, 0.3) is 11.4 Å². The average molecular weight is 329 g/mol. The Kier molecular flexibility index (Phi) is 4.73. The minimum atomic E-state index is 0.308. The predicted octanol–water partition coefficient (Wildman–Crippen LogP) is 4.00. The molecule has 0 bridgehead atoms. The Balaban J connectivity index is 1.71. The minimum Gasteiger partial charge on any atom is -0.497 e. The summed E-state index contributed by atoms with van der Waals surface area (Å²) in [7, 11) is 3.70. The van der Waals surface area contributed by atoms with Crippen LogP contribution in [-0.4, -0.2) is 29.2 Å². The fourth-order valence-electron chi connectivity index (χ4n) is 2.29. The van der Waals surface area contributed by atoms with Gasteiger partial charge in [-0.15, -0.1) is 11.3 Å². The molecule has 6 heteroatoms. The van der Waals surface area contributed by atoms with Gasteiger partial charge in [-0.2, -0.15) is 4.98 Å². The lowest BCUT2D eigenvalue weighted by Crippen LogP contribution is -2.21. The van der Waals surface area contributed by atoms with Crippen molar-refractivity contribution in [3.63, 3.8) is 0 Å². The van der Waals surface area contributed by atoms with Crippen LogP contribution in [-0.2, 0) is 6.54 Å². The zero-order valence-corrected chi connectivity index (χ0v) is 14.2. The van der Waals surface area contributed by atoms with E-state index in [1.54, 1.807) is 18.4 Å². The van der Waals surface area contributed by atoms with Crippen LogP contribution in [0.3, 0.4) is 0 Å². The van der Waals surface area contributed by atoms with Crippen molar-refractivity contribution in [3.05, 3.63) is 52.5 Å². The van der Waals surface area contributed by atoms with Gasteiger partial charge in [-0.05, 0) is 37.6 Å². The molecule has 0 aliphatic carbocycles. The van der Waals surface area contributed by atoms with Crippen LogP contribution < -0.4 is 4.74 Å². The molecule has 3 rings (SSSR count). The maximum atomic E-state index is 5.39. The fraction of sp³-hybridized carbons (Fsp3) is 0.294. The first kappa shape index (κ1) is 15.7. The molecule has 0 fully saturated rings. The summed E-state index contributed by atoms with van der Waals surface area (Å²) in [5, 5.41) is 6.16. The van der Waals surface area contributed by atoms with E-state index in [9.17, 15) is 0 Å². The number of thiophene rings is 1. The highest BCUT2D eigenvalue weighted by molar-refractivity contribution is 7.10. The molecule has 0 spiro atoms. The predicted molar refractivity (Wildman–Crippen MR) is 90.5 cm³/mol. The van der Waals surface area contributed by atoms with Gasteiger partial charge in [-0.1, -0.05) is 23.4 Å². The van der Waals surface area contributed by atoms with Crippen molar-refractivity contribution in [2.45, 2.75) is 19.5 Å². The maximum Gasteiger partial charge on any atom is 0.241 e. The average Bonchev–Trinajstić information content (AvgIpc) is 3.26. The second-order valence-corrected chi connectivity index (χ2v) is 6.33. The maximum absolute atomic E-state index is 5.39. The van der Waals surface area contributed by atoms with Crippen LogP contribution in [0.15, 0.2) is 46.3 Å². The first-order chi connectivity index (χ1) is 11.2. The van der Waals surface area contributed by atoms with Gasteiger partial charge in [-0.3, -0.25) is 4.90 Å². The van der Waals surface area contributed by atoms with Crippen molar-refractivity contribution in [2.75, 3.05) is 14.2 Å². The fourth-order valence-corrected chi connectivity index (χ4v) is 3.14. The molecule has 0 saturated carbocycles. The van der Waals surface area contributed by atoms with Crippen molar-refractivity contribution in [1.82, 2.24) is 15.0 Å². The zero-order chi connectivity index (χ0) is 16.2. The molecule has 0 saturated heterocycles. The number of nitrogens with zero attached hydrogens (tertiary/aromatic N) is 3. The summed E-state index contributed by atoms with van der Waals surface area (Å²) < 4.78 is 10.6. The first-order valence-corrected chi connectivity index (χ1v) is 8.26. The van der Waals surface area contributed by atoms with E-state index in [1.807, 2.05) is 24.3 Å². The summed E-state index contributed by atoms with van der Waals surface area (Å²) in [5.74, 6) is 1.96. The van der Waals surface area contributed by atoms with Gasteiger partial charge in [0.2, 0.25) is 11.7 Å². The van der Waals surface area contributed by atoms with Crippen LogP contribution in [0.1, 0.15) is 23.7 Å². The standard InChI is InChI=1S/C17H19N3O2S/c1-12(15-8-5-9-23-15)20(2)11-16-18-17(19-22-16)13-6-4-7-14(10-13)21-3/h4-10,12H,11H2,1-3H3. The molecule has 0 N–H and O–H groups in total. The Morgan fingerprint density at radius 1 is 1.30 bits per heavy atom. The van der Waals surface area contributed by atoms with E-state index < -0.39 is 0 Å². The van der Waals surface area contributed by atoms with Gasteiger partial charge in [-0.25, -0.2) is 0 Å². The van der Waals surface area contributed by atoms with Crippen LogP contribution in [0.5, 0.6) is 5.75 Å². The third-order valence-electron chi connectivity index (χ3n) is 3.80. The van der Waals surface area contributed by atoms with Gasteiger partial charge in [0.25, 0.3) is 0 Å². The summed E-state index contributed by atoms with van der Waals surface area (Å²) in [5.41, 5.74) is 0.883. The summed E-state index contributed by atoms with van der Waals surface area (Å²) in [6.07, 6.45) is 0. The lowest BCUT2D eigenvalue weighted by atomic mass is 10.2. The normalized spacial score (nSPS) is 12.5. The third kappa shape index (κ3) is 3.60. The van der Waals surface area contributed by atoms with Crippen LogP contribution >= 0.6 is 11.3 Å². The quantitative estimate of drug-likeness (QED) is 0.684. The topological polar surface area (TPSA) is 51.4 Å². The molecular formula is C17H19N3O2S. The van der Waals surface area contributed by atoms with E-state index in [0.29, 0.717) is 24.3 Å². The molecule has 120 valence electrons.